The van der Waals surface area contributed by atoms with E-state index in [1.165, 1.54) is 116 Å². The second-order valence-electron chi connectivity index (χ2n) is 33.5. The summed E-state index contributed by atoms with van der Waals surface area (Å²) in [6.07, 6.45) is 2.29. The molecule has 0 aliphatic carbocycles. The summed E-state index contributed by atoms with van der Waals surface area (Å²) in [6.45, 7) is 27.7. The molecule has 0 saturated carbocycles. The molecule has 3 aromatic carbocycles. The highest BCUT2D eigenvalue weighted by atomic mass is 31.2. The maximum absolute atomic E-state index is 15.5. The van der Waals surface area contributed by atoms with E-state index in [4.69, 9.17) is 4.74 Å². The zero-order chi connectivity index (χ0) is 87.3. The van der Waals surface area contributed by atoms with Crippen LogP contribution >= 0.6 is 7.26 Å². The minimum atomic E-state index is -2.23. The minimum Gasteiger partial charge on any atom is -0.390 e. The van der Waals surface area contributed by atoms with Crippen molar-refractivity contribution in [2.24, 2.45) is 41.4 Å². The first-order valence-electron chi connectivity index (χ1n) is 41.0. The number of rotatable bonds is 28. The van der Waals surface area contributed by atoms with Gasteiger partial charge in [0.1, 0.15) is 83.6 Å². The number of hydrogen-bond acceptors (Lipinski definition) is 15. The Kier molecular flexibility index (Phi) is 40.5. The predicted molar refractivity (Wildman–Crippen MR) is 454 cm³/mol. The quantitative estimate of drug-likeness (QED) is 0.0289. The van der Waals surface area contributed by atoms with E-state index in [9.17, 15) is 48.3 Å². The van der Waals surface area contributed by atoms with Gasteiger partial charge in [0, 0.05) is 62.4 Å². The van der Waals surface area contributed by atoms with Crippen LogP contribution in [0.1, 0.15) is 156 Å². The summed E-state index contributed by atoms with van der Waals surface area (Å²) in [7, 11) is 7.50. The van der Waals surface area contributed by atoms with Crippen molar-refractivity contribution >= 4 is 100.0 Å². The molecule has 1 aliphatic heterocycles. The number of benzene rings is 3. The van der Waals surface area contributed by atoms with Gasteiger partial charge in [0.05, 0.1) is 38.4 Å². The molecule has 116 heavy (non-hydrogen) atoms. The number of likely N-dealkylation sites (N-methyl/N-ethyl adjacent to an activating group) is 7. The summed E-state index contributed by atoms with van der Waals surface area (Å²) in [5.74, 6) is -11.5. The van der Waals surface area contributed by atoms with E-state index in [2.05, 4.69) is 68.3 Å². The largest absolute Gasteiger partial charge is 0.390 e. The molecule has 0 aromatic heterocycles. The highest BCUT2D eigenvalue weighted by Crippen LogP contribution is 2.55. The number of carbonyl (C=O) groups is 13. The van der Waals surface area contributed by atoms with Crippen LogP contribution in [0.15, 0.2) is 103 Å². The van der Waals surface area contributed by atoms with Crippen LogP contribution in [0.2, 0.25) is 0 Å². The van der Waals surface area contributed by atoms with Gasteiger partial charge in [0.2, 0.25) is 76.8 Å². The highest BCUT2D eigenvalue weighted by Gasteiger charge is 2.48. The van der Waals surface area contributed by atoms with Crippen molar-refractivity contribution < 1.29 is 72.2 Å². The fourth-order valence-electron chi connectivity index (χ4n) is 14.6. The molecular formula is C87H137N13O15P+. The fraction of sp³-hybridized carbons (Fsp3) is 0.621. The van der Waals surface area contributed by atoms with Gasteiger partial charge in [-0.1, -0.05) is 158 Å². The molecule has 1 saturated heterocycles. The summed E-state index contributed by atoms with van der Waals surface area (Å²) in [6, 6.07) is 17.9. The standard InChI is InChI=1S/C87H136N13O15P/c1-24-66-83(110)94(17)53-73(103)95(18)67(49-54(2)3)80(107)93-74(58(10)11)86(113)96(19)68(50-55(4)5)79(106)90-61(15)78(105)91-62(16)82(109)97(20)69(51-56(6)7)84(111)98(21)70(52-57(8)9)85(112)99(22)75(59(12)13)87(114)100(23)76(81(108)92-66)77(104)60(14)35-34-42-71(101)88-44-46-115-47-45-89-72(102)43-48-116(63-36-28-25-29-37-63,64-38-30-26-31-39-64)65-40-32-27-33-41-65/h25-34,36-42,54-62,66-70,74-77,104H,24,35,43-53H2,1-23H3,(H5-,88,89,90,91,92,93,101,102,105,106,107,108)/p+1/t60-,61+,62-,66+,67+,68+,69+,70+,74+,75+,76+,77-/m1/s1. The monoisotopic (exact) mass is 1640 g/mol. The zero-order valence-electron chi connectivity index (χ0n) is 73.1. The van der Waals surface area contributed by atoms with Crippen LogP contribution in [-0.2, 0) is 67.1 Å². The summed E-state index contributed by atoms with van der Waals surface area (Å²) in [4.78, 5) is 198. The lowest BCUT2D eigenvalue weighted by atomic mass is 9.91. The first kappa shape index (κ1) is 99.2. The summed E-state index contributed by atoms with van der Waals surface area (Å²) in [5.41, 5.74) is 0. The first-order valence-corrected chi connectivity index (χ1v) is 43.0. The van der Waals surface area contributed by atoms with Crippen molar-refractivity contribution in [1.82, 2.24) is 66.2 Å². The number of nitrogens with one attached hydrogen (secondary N) is 6. The number of nitrogens with zero attached hydrogens (tertiary/aromatic N) is 7. The third-order valence-corrected chi connectivity index (χ3v) is 25.9. The molecule has 12 atom stereocenters. The minimum absolute atomic E-state index is 0.0244. The lowest BCUT2D eigenvalue weighted by Gasteiger charge is -2.41. The van der Waals surface area contributed by atoms with Gasteiger partial charge in [-0.25, -0.2) is 0 Å². The van der Waals surface area contributed by atoms with Crippen LogP contribution in [0.3, 0.4) is 0 Å². The van der Waals surface area contributed by atoms with E-state index in [-0.39, 0.29) is 101 Å². The molecule has 29 heteroatoms. The van der Waals surface area contributed by atoms with E-state index in [1.54, 1.807) is 41.5 Å². The molecule has 7 N–H and O–H groups in total. The van der Waals surface area contributed by atoms with Crippen LogP contribution in [0.4, 0.5) is 0 Å². The Balaban J connectivity index is 1.70. The summed E-state index contributed by atoms with van der Waals surface area (Å²) < 4.78 is 5.79. The Labute approximate surface area is 690 Å². The Morgan fingerprint density at radius 3 is 1.37 bits per heavy atom. The maximum atomic E-state index is 15.5. The second kappa shape index (κ2) is 47.3. The lowest BCUT2D eigenvalue weighted by molar-refractivity contribution is -0.157. The number of allylic oxidation sites excluding steroid dienone is 1. The molecular weight excluding hydrogens is 1500 g/mol. The molecule has 0 unspecified atom stereocenters. The molecule has 1 heterocycles. The van der Waals surface area contributed by atoms with E-state index < -0.39 is 169 Å². The van der Waals surface area contributed by atoms with E-state index in [0.29, 0.717) is 6.16 Å². The van der Waals surface area contributed by atoms with E-state index >= 15 is 19.2 Å². The van der Waals surface area contributed by atoms with Crippen molar-refractivity contribution in [2.45, 2.75) is 222 Å². The molecule has 0 bridgehead atoms. The smallest absolute Gasteiger partial charge is 0.246 e. The van der Waals surface area contributed by atoms with Gasteiger partial charge in [-0.05, 0) is 136 Å². The molecule has 0 spiro atoms. The van der Waals surface area contributed by atoms with Crippen LogP contribution in [-0.4, -0.2) is 271 Å². The van der Waals surface area contributed by atoms with Gasteiger partial charge in [0.15, 0.2) is 0 Å². The van der Waals surface area contributed by atoms with Crippen molar-refractivity contribution in [3.63, 3.8) is 0 Å². The van der Waals surface area contributed by atoms with Crippen LogP contribution in [0, 0.1) is 41.4 Å². The van der Waals surface area contributed by atoms with Gasteiger partial charge in [0.25, 0.3) is 0 Å². The molecule has 1 fully saturated rings. The molecule has 1 aliphatic rings. The Morgan fingerprint density at radius 1 is 0.483 bits per heavy atom. The molecule has 13 amide bonds. The van der Waals surface area contributed by atoms with Gasteiger partial charge in [-0.2, -0.15) is 0 Å². The maximum Gasteiger partial charge on any atom is 0.246 e. The molecule has 3 aromatic rings. The SMILES string of the molecule is CC[C@@H]1NC(=O)[C@H]([C@H](O)[C@H](C)CC=CC(=O)NCCOCCNC(=O)CC[P+](c2ccccc2)(c2ccccc2)c2ccccc2)N(C)C(=O)[C@H](C(C)C)N(C)C(=O)[C@H](CC(C)C)N(C)C(=O)[C@H](CC(C)C)N(C)C(=O)[C@@H](C)NC(=O)[C@H](C)NC(=O)[C@H](CC(C)C)N(C)C(=O)[C@H](C(C)C)NC(=O)[C@H](CC(C)C)N(C)C(=O)CN(C)C1=O. The molecule has 28 nitrogen and oxygen atoms in total. The number of hydrogen-bond donors (Lipinski definition) is 7. The Hall–Kier alpha value is -9.14. The normalized spacial score (nSPS) is 22.8. The number of aliphatic hydroxyl groups is 1. The molecule has 644 valence electrons. The summed E-state index contributed by atoms with van der Waals surface area (Å²) >= 11 is 0. The van der Waals surface area contributed by atoms with Gasteiger partial charge in [-0.15, -0.1) is 0 Å². The average molecular weight is 1640 g/mol. The Morgan fingerprint density at radius 2 is 0.905 bits per heavy atom. The number of carbonyl (C=O) groups excluding carboxylic acids is 13. The Bertz CT molecular complexity index is 3680. The van der Waals surface area contributed by atoms with Crippen molar-refractivity contribution in [2.75, 3.05) is 88.3 Å². The average Bonchev–Trinajstić information content (AvgIpc) is 0.755. The van der Waals surface area contributed by atoms with Crippen LogP contribution in [0.5, 0.6) is 0 Å². The van der Waals surface area contributed by atoms with Gasteiger partial charge >= 0.3 is 0 Å². The summed E-state index contributed by atoms with van der Waals surface area (Å²) in [5, 5.41) is 32.8. The third kappa shape index (κ3) is 28.0. The second-order valence-corrected chi connectivity index (χ2v) is 37.1. The number of ether oxygens (including phenoxy) is 1. The van der Waals surface area contributed by atoms with Crippen LogP contribution in [0.25, 0.3) is 0 Å². The zero-order valence-corrected chi connectivity index (χ0v) is 74.0. The predicted octanol–water partition coefficient (Wildman–Crippen LogP) is 4.88. The van der Waals surface area contributed by atoms with Gasteiger partial charge in [-0.3, -0.25) is 62.3 Å². The van der Waals surface area contributed by atoms with Crippen molar-refractivity contribution in [1.29, 1.82) is 0 Å². The number of aliphatic hydroxyl groups excluding tert-OH is 1. The lowest BCUT2D eigenvalue weighted by Crippen LogP contribution is -2.63. The highest BCUT2D eigenvalue weighted by molar-refractivity contribution is 7.95. The van der Waals surface area contributed by atoms with Crippen molar-refractivity contribution in [3.8, 4) is 0 Å². The van der Waals surface area contributed by atoms with Gasteiger partial charge < -0.3 is 76.0 Å². The van der Waals surface area contributed by atoms with E-state index in [0.717, 1.165) is 9.80 Å². The topological polar surface area (TPSA) is 346 Å². The molecule has 4 rings (SSSR count). The van der Waals surface area contributed by atoms with E-state index in [1.807, 2.05) is 110 Å². The number of amides is 13. The molecule has 0 radical (unpaired) electrons. The fourth-order valence-corrected chi connectivity index (χ4v) is 18.9. The van der Waals surface area contributed by atoms with Crippen molar-refractivity contribution in [3.05, 3.63) is 103 Å². The van der Waals surface area contributed by atoms with Crippen LogP contribution < -0.4 is 47.8 Å². The first-order chi connectivity index (χ1) is 54.5. The third-order valence-electron chi connectivity index (χ3n) is 21.5.